The van der Waals surface area contributed by atoms with Crippen molar-refractivity contribution < 1.29 is 9.53 Å². The fraction of sp³-hybridized carbons (Fsp3) is 0.296. The predicted octanol–water partition coefficient (Wildman–Crippen LogP) is 4.92. The molecule has 0 aliphatic carbocycles. The van der Waals surface area contributed by atoms with Crippen LogP contribution in [0.3, 0.4) is 0 Å². The highest BCUT2D eigenvalue weighted by Gasteiger charge is 2.42. The lowest BCUT2D eigenvalue weighted by Crippen LogP contribution is -2.34. The molecule has 1 aromatic carbocycles. The zero-order chi connectivity index (χ0) is 24.8. The molecule has 0 radical (unpaired) electrons. The lowest BCUT2D eigenvalue weighted by Gasteiger charge is -2.22. The van der Waals surface area contributed by atoms with Crippen LogP contribution in [-0.4, -0.2) is 63.4 Å². The fourth-order valence-electron chi connectivity index (χ4n) is 5.47. The Kier molecular flexibility index (Phi) is 6.07. The van der Waals surface area contributed by atoms with E-state index in [9.17, 15) is 4.79 Å². The van der Waals surface area contributed by atoms with Crippen molar-refractivity contribution in [3.05, 3.63) is 82.2 Å². The molecule has 3 aromatic heterocycles. The molecule has 5 heterocycles. The first-order valence-corrected chi connectivity index (χ1v) is 12.7. The Bertz CT molecular complexity index is 1420. The Labute approximate surface area is 219 Å². The van der Waals surface area contributed by atoms with Crippen molar-refractivity contribution >= 4 is 34.8 Å². The van der Waals surface area contributed by atoms with Gasteiger partial charge in [0.25, 0.3) is 5.91 Å². The second kappa shape index (κ2) is 9.39. The van der Waals surface area contributed by atoms with Crippen LogP contribution in [0, 0.1) is 11.8 Å². The Hall–Kier alpha value is -3.13. The van der Waals surface area contributed by atoms with Crippen LogP contribution in [0.25, 0.3) is 16.9 Å². The summed E-state index contributed by atoms with van der Waals surface area (Å²) in [7, 11) is 1.53. The van der Waals surface area contributed by atoms with Gasteiger partial charge >= 0.3 is 0 Å². The van der Waals surface area contributed by atoms with E-state index in [1.807, 2.05) is 47.4 Å². The molecule has 0 saturated carbocycles. The Morgan fingerprint density at radius 3 is 2.44 bits per heavy atom. The number of imidazole rings is 1. The number of carbonyl (C=O) groups excluding carboxylic acids is 1. The zero-order valence-corrected chi connectivity index (χ0v) is 21.3. The summed E-state index contributed by atoms with van der Waals surface area (Å²) in [5.41, 5.74) is 4.37. The number of benzene rings is 1. The molecular formula is C27H25Cl2N5O2. The number of hydrogen-bond acceptors (Lipinski definition) is 5. The maximum absolute atomic E-state index is 13.2. The first kappa shape index (κ1) is 23.3. The number of likely N-dealkylation sites (tertiary alicyclic amines) is 2. The maximum atomic E-state index is 13.2. The largest absolute Gasteiger partial charge is 0.481 e. The predicted molar refractivity (Wildman–Crippen MR) is 140 cm³/mol. The minimum Gasteiger partial charge on any atom is -0.481 e. The number of fused-ring (bicyclic) bond motifs is 2. The number of aromatic nitrogens is 3. The molecule has 1 amide bonds. The van der Waals surface area contributed by atoms with Crippen LogP contribution < -0.4 is 4.74 Å². The van der Waals surface area contributed by atoms with Crippen LogP contribution in [0.4, 0.5) is 0 Å². The van der Waals surface area contributed by atoms with Gasteiger partial charge in [0.15, 0.2) is 5.69 Å². The van der Waals surface area contributed by atoms with E-state index in [1.54, 1.807) is 12.1 Å². The highest BCUT2D eigenvalue weighted by molar-refractivity contribution is 6.33. The topological polar surface area (TPSA) is 63.0 Å². The summed E-state index contributed by atoms with van der Waals surface area (Å²) in [5, 5.41) is 1.06. The van der Waals surface area contributed by atoms with E-state index in [0.29, 0.717) is 40.9 Å². The first-order valence-electron chi connectivity index (χ1n) is 11.9. The highest BCUT2D eigenvalue weighted by Crippen LogP contribution is 2.35. The van der Waals surface area contributed by atoms with Crippen molar-refractivity contribution in [1.82, 2.24) is 24.2 Å². The van der Waals surface area contributed by atoms with Gasteiger partial charge in [-0.3, -0.25) is 9.69 Å². The molecule has 4 aromatic rings. The van der Waals surface area contributed by atoms with Crippen molar-refractivity contribution in [3.63, 3.8) is 0 Å². The van der Waals surface area contributed by atoms with Crippen molar-refractivity contribution in [2.75, 3.05) is 33.3 Å². The van der Waals surface area contributed by atoms with E-state index < -0.39 is 0 Å². The minimum absolute atomic E-state index is 0.133. The Morgan fingerprint density at radius 1 is 0.972 bits per heavy atom. The number of hydrogen-bond donors (Lipinski definition) is 0. The molecule has 2 atom stereocenters. The average Bonchev–Trinajstić information content (AvgIpc) is 3.57. The third-order valence-corrected chi connectivity index (χ3v) is 7.76. The second-order valence-electron chi connectivity index (χ2n) is 9.45. The van der Waals surface area contributed by atoms with Crippen LogP contribution in [0.15, 0.2) is 60.8 Å². The summed E-state index contributed by atoms with van der Waals surface area (Å²) in [6.07, 6.45) is 2.07. The standard InChI is InChI=1S/C27H25Cl2N5O2/c1-36-24-10-9-21(29)26(31-24)27(35)33-14-18-12-32(13-19(18)15-33)16-22-25(17-5-7-20(28)8-6-17)30-23-4-2-3-11-34(22)23/h2-11,18-19H,12-16H2,1H3. The molecule has 184 valence electrons. The number of nitrogens with zero attached hydrogens (tertiary/aromatic N) is 5. The summed E-state index contributed by atoms with van der Waals surface area (Å²) in [5.74, 6) is 1.08. The zero-order valence-electron chi connectivity index (χ0n) is 19.8. The van der Waals surface area contributed by atoms with E-state index in [-0.39, 0.29) is 11.6 Å². The molecule has 2 aliphatic rings. The van der Waals surface area contributed by atoms with E-state index >= 15 is 0 Å². The quantitative estimate of drug-likeness (QED) is 0.373. The third-order valence-electron chi connectivity index (χ3n) is 7.20. The number of pyridine rings is 2. The van der Waals surface area contributed by atoms with Crippen molar-refractivity contribution in [2.24, 2.45) is 11.8 Å². The number of carbonyl (C=O) groups is 1. The lowest BCUT2D eigenvalue weighted by atomic mass is 10.0. The monoisotopic (exact) mass is 521 g/mol. The van der Waals surface area contributed by atoms with Crippen molar-refractivity contribution in [3.8, 4) is 17.1 Å². The third kappa shape index (κ3) is 4.21. The molecule has 2 aliphatic heterocycles. The maximum Gasteiger partial charge on any atom is 0.274 e. The minimum atomic E-state index is -0.133. The van der Waals surface area contributed by atoms with Gasteiger partial charge in [-0.25, -0.2) is 9.97 Å². The molecule has 2 saturated heterocycles. The van der Waals surface area contributed by atoms with Crippen LogP contribution >= 0.6 is 23.2 Å². The molecule has 7 nitrogen and oxygen atoms in total. The number of rotatable bonds is 5. The van der Waals surface area contributed by atoms with Gasteiger partial charge in [0.1, 0.15) is 5.65 Å². The molecule has 36 heavy (non-hydrogen) atoms. The van der Waals surface area contributed by atoms with Gasteiger partial charge in [-0.05, 0) is 42.2 Å². The molecule has 0 bridgehead atoms. The van der Waals surface area contributed by atoms with Crippen molar-refractivity contribution in [2.45, 2.75) is 6.54 Å². The lowest BCUT2D eigenvalue weighted by molar-refractivity contribution is 0.0766. The van der Waals surface area contributed by atoms with Gasteiger partial charge < -0.3 is 14.0 Å². The summed E-state index contributed by atoms with van der Waals surface area (Å²) < 4.78 is 7.35. The summed E-state index contributed by atoms with van der Waals surface area (Å²) in [6, 6.07) is 17.2. The number of methoxy groups -OCH3 is 1. The van der Waals surface area contributed by atoms with Crippen LogP contribution in [0.5, 0.6) is 5.88 Å². The van der Waals surface area contributed by atoms with Gasteiger partial charge in [0.2, 0.25) is 5.88 Å². The van der Waals surface area contributed by atoms with E-state index in [4.69, 9.17) is 32.9 Å². The number of ether oxygens (including phenoxy) is 1. The van der Waals surface area contributed by atoms with Gasteiger partial charge in [-0.2, -0.15) is 0 Å². The van der Waals surface area contributed by atoms with Gasteiger partial charge in [0.05, 0.1) is 23.5 Å². The number of halogens is 2. The van der Waals surface area contributed by atoms with E-state index in [2.05, 4.69) is 20.5 Å². The van der Waals surface area contributed by atoms with Crippen LogP contribution in [0.1, 0.15) is 16.2 Å². The number of amides is 1. The van der Waals surface area contributed by atoms with Gasteiger partial charge in [-0.1, -0.05) is 41.4 Å². The molecule has 0 spiro atoms. The highest BCUT2D eigenvalue weighted by atomic mass is 35.5. The summed E-state index contributed by atoms with van der Waals surface area (Å²) in [4.78, 5) is 26.7. The second-order valence-corrected chi connectivity index (χ2v) is 10.3. The Balaban J connectivity index is 1.19. The van der Waals surface area contributed by atoms with Crippen LogP contribution in [-0.2, 0) is 6.54 Å². The average molecular weight is 522 g/mol. The van der Waals surface area contributed by atoms with Crippen LogP contribution in [0.2, 0.25) is 10.0 Å². The first-order chi connectivity index (χ1) is 17.5. The van der Waals surface area contributed by atoms with Crippen molar-refractivity contribution in [1.29, 1.82) is 0 Å². The molecular weight excluding hydrogens is 497 g/mol. The molecule has 9 heteroatoms. The smallest absolute Gasteiger partial charge is 0.274 e. The molecule has 2 fully saturated rings. The molecule has 2 unspecified atom stereocenters. The van der Waals surface area contributed by atoms with E-state index in [0.717, 1.165) is 42.2 Å². The normalized spacial score (nSPS) is 19.7. The fourth-order valence-corrected chi connectivity index (χ4v) is 5.78. The summed E-state index contributed by atoms with van der Waals surface area (Å²) in [6.45, 7) is 4.04. The Morgan fingerprint density at radius 2 is 1.72 bits per heavy atom. The SMILES string of the molecule is COc1ccc(Cl)c(C(=O)N2CC3CN(Cc4c(-c5ccc(Cl)cc5)nc5ccccn45)CC3C2)n1. The van der Waals surface area contributed by atoms with Gasteiger partial charge in [0, 0.05) is 55.6 Å². The van der Waals surface area contributed by atoms with E-state index in [1.165, 1.54) is 7.11 Å². The molecule has 6 rings (SSSR count). The summed E-state index contributed by atoms with van der Waals surface area (Å²) >= 11 is 12.4. The van der Waals surface area contributed by atoms with Gasteiger partial charge in [-0.15, -0.1) is 0 Å². The molecule has 0 N–H and O–H groups in total.